The molecule has 0 aliphatic carbocycles. The van der Waals surface area contributed by atoms with Gasteiger partial charge in [0.1, 0.15) is 5.82 Å². The second-order valence-electron chi connectivity index (χ2n) is 9.41. The average molecular weight is 459 g/mol. The SMILES string of the molecule is CCN(CC)C(=O)c1ccc(C2(c3cccc(F)c3)CCN(Cc3ccc(C)cc3)CC2)cc1. The predicted octanol–water partition coefficient (Wildman–Crippen LogP) is 6.20. The summed E-state index contributed by atoms with van der Waals surface area (Å²) in [5.41, 5.74) is 5.22. The maximum absolute atomic E-state index is 14.3. The molecule has 3 nitrogen and oxygen atoms in total. The van der Waals surface area contributed by atoms with Gasteiger partial charge in [-0.25, -0.2) is 4.39 Å². The fourth-order valence-electron chi connectivity index (χ4n) is 5.20. The van der Waals surface area contributed by atoms with Crippen molar-refractivity contribution in [3.8, 4) is 0 Å². The summed E-state index contributed by atoms with van der Waals surface area (Å²) in [4.78, 5) is 17.1. The minimum Gasteiger partial charge on any atom is -0.339 e. The first kappa shape index (κ1) is 24.2. The van der Waals surface area contributed by atoms with E-state index in [4.69, 9.17) is 0 Å². The van der Waals surface area contributed by atoms with Crippen LogP contribution in [-0.4, -0.2) is 41.9 Å². The fourth-order valence-corrected chi connectivity index (χ4v) is 5.20. The Hall–Kier alpha value is -2.98. The van der Waals surface area contributed by atoms with Gasteiger partial charge in [0.15, 0.2) is 0 Å². The molecule has 1 amide bonds. The molecule has 0 saturated carbocycles. The number of halogens is 1. The molecule has 1 fully saturated rings. The molecule has 0 radical (unpaired) electrons. The third-order valence-corrected chi connectivity index (χ3v) is 7.35. The Kier molecular flexibility index (Phi) is 7.47. The number of benzene rings is 3. The van der Waals surface area contributed by atoms with Gasteiger partial charge in [0.2, 0.25) is 0 Å². The monoisotopic (exact) mass is 458 g/mol. The van der Waals surface area contributed by atoms with E-state index in [9.17, 15) is 9.18 Å². The van der Waals surface area contributed by atoms with Gasteiger partial charge in [-0.1, -0.05) is 54.1 Å². The number of hydrogen-bond donors (Lipinski definition) is 0. The van der Waals surface area contributed by atoms with E-state index in [1.807, 2.05) is 43.0 Å². The van der Waals surface area contributed by atoms with Crippen molar-refractivity contribution in [2.45, 2.75) is 45.6 Å². The van der Waals surface area contributed by atoms with Gasteiger partial charge in [-0.3, -0.25) is 9.69 Å². The summed E-state index contributed by atoms with van der Waals surface area (Å²) in [7, 11) is 0. The molecule has 0 unspecified atom stereocenters. The summed E-state index contributed by atoms with van der Waals surface area (Å²) >= 11 is 0. The van der Waals surface area contributed by atoms with Crippen molar-refractivity contribution in [1.29, 1.82) is 0 Å². The van der Waals surface area contributed by atoms with E-state index < -0.39 is 0 Å². The van der Waals surface area contributed by atoms with Gasteiger partial charge in [-0.15, -0.1) is 0 Å². The van der Waals surface area contributed by atoms with Crippen molar-refractivity contribution < 1.29 is 9.18 Å². The predicted molar refractivity (Wildman–Crippen MR) is 137 cm³/mol. The molecular weight excluding hydrogens is 423 g/mol. The normalized spacial score (nSPS) is 15.8. The zero-order valence-electron chi connectivity index (χ0n) is 20.6. The molecule has 0 spiro atoms. The second-order valence-corrected chi connectivity index (χ2v) is 9.41. The number of carbonyl (C=O) groups is 1. The molecule has 0 atom stereocenters. The molecule has 4 heteroatoms. The first-order valence-electron chi connectivity index (χ1n) is 12.4. The van der Waals surface area contributed by atoms with E-state index in [1.54, 1.807) is 6.07 Å². The molecule has 3 aromatic rings. The summed E-state index contributed by atoms with van der Waals surface area (Å²) in [6.45, 7) is 10.3. The van der Waals surface area contributed by atoms with Gasteiger partial charge in [-0.2, -0.15) is 0 Å². The minimum absolute atomic E-state index is 0.0595. The highest BCUT2D eigenvalue weighted by Gasteiger charge is 2.38. The maximum Gasteiger partial charge on any atom is 0.253 e. The Labute approximate surface area is 203 Å². The summed E-state index contributed by atoms with van der Waals surface area (Å²) < 4.78 is 14.3. The number of likely N-dealkylation sites (tertiary alicyclic amines) is 1. The van der Waals surface area contributed by atoms with E-state index in [1.165, 1.54) is 17.2 Å². The third kappa shape index (κ3) is 5.07. The lowest BCUT2D eigenvalue weighted by molar-refractivity contribution is 0.0773. The number of carbonyl (C=O) groups excluding carboxylic acids is 1. The maximum atomic E-state index is 14.3. The summed E-state index contributed by atoms with van der Waals surface area (Å²) in [5, 5.41) is 0. The number of piperidine rings is 1. The van der Waals surface area contributed by atoms with E-state index in [2.05, 4.69) is 48.2 Å². The van der Waals surface area contributed by atoms with Crippen LogP contribution in [0.1, 0.15) is 59.3 Å². The van der Waals surface area contributed by atoms with Crippen LogP contribution < -0.4 is 0 Å². The van der Waals surface area contributed by atoms with Crippen molar-refractivity contribution >= 4 is 5.91 Å². The van der Waals surface area contributed by atoms with E-state index >= 15 is 0 Å². The second kappa shape index (κ2) is 10.5. The number of rotatable bonds is 7. The largest absolute Gasteiger partial charge is 0.339 e. The van der Waals surface area contributed by atoms with Crippen LogP contribution >= 0.6 is 0 Å². The molecule has 1 heterocycles. The first-order chi connectivity index (χ1) is 16.4. The first-order valence-corrected chi connectivity index (χ1v) is 12.4. The Bertz CT molecular complexity index is 1100. The van der Waals surface area contributed by atoms with Crippen molar-refractivity contribution in [2.75, 3.05) is 26.2 Å². The van der Waals surface area contributed by atoms with Crippen LogP contribution in [0.15, 0.2) is 72.8 Å². The highest BCUT2D eigenvalue weighted by atomic mass is 19.1. The van der Waals surface area contributed by atoms with Crippen LogP contribution in [-0.2, 0) is 12.0 Å². The Balaban J connectivity index is 1.59. The number of amides is 1. The molecule has 178 valence electrons. The van der Waals surface area contributed by atoms with Gasteiger partial charge >= 0.3 is 0 Å². The van der Waals surface area contributed by atoms with Crippen molar-refractivity contribution in [2.24, 2.45) is 0 Å². The number of nitrogens with zero attached hydrogens (tertiary/aromatic N) is 2. The van der Waals surface area contributed by atoms with E-state index in [0.717, 1.165) is 43.6 Å². The third-order valence-electron chi connectivity index (χ3n) is 7.35. The van der Waals surface area contributed by atoms with Crippen molar-refractivity contribution in [3.63, 3.8) is 0 Å². The minimum atomic E-state index is -0.261. The van der Waals surface area contributed by atoms with Crippen LogP contribution in [0, 0.1) is 12.7 Å². The quantitative estimate of drug-likeness (QED) is 0.421. The lowest BCUT2D eigenvalue weighted by atomic mass is 9.68. The molecule has 1 aliphatic heterocycles. The van der Waals surface area contributed by atoms with Gasteiger partial charge < -0.3 is 4.90 Å². The molecule has 1 aliphatic rings. The zero-order valence-corrected chi connectivity index (χ0v) is 20.6. The Morgan fingerprint density at radius 3 is 2.15 bits per heavy atom. The fraction of sp³-hybridized carbons (Fsp3) is 0.367. The molecule has 1 saturated heterocycles. The summed E-state index contributed by atoms with van der Waals surface area (Å²) in [6, 6.07) is 23.8. The molecule has 4 rings (SSSR count). The van der Waals surface area contributed by atoms with Crippen LogP contribution in [0.4, 0.5) is 4.39 Å². The van der Waals surface area contributed by atoms with Crippen LogP contribution in [0.2, 0.25) is 0 Å². The summed E-state index contributed by atoms with van der Waals surface area (Å²) in [5.74, 6) is -0.142. The molecule has 0 aromatic heterocycles. The van der Waals surface area contributed by atoms with Gasteiger partial charge in [0, 0.05) is 30.6 Å². The van der Waals surface area contributed by atoms with Crippen molar-refractivity contribution in [1.82, 2.24) is 9.80 Å². The lowest BCUT2D eigenvalue weighted by Gasteiger charge is -2.43. The van der Waals surface area contributed by atoms with Gasteiger partial charge in [0.25, 0.3) is 5.91 Å². The molecule has 0 N–H and O–H groups in total. The highest BCUT2D eigenvalue weighted by Crippen LogP contribution is 2.42. The van der Waals surface area contributed by atoms with Crippen LogP contribution in [0.3, 0.4) is 0 Å². The standard InChI is InChI=1S/C30H35FN2O/c1-4-33(5-2)29(34)25-13-15-26(16-14-25)30(27-7-6-8-28(31)21-27)17-19-32(20-18-30)22-24-11-9-23(3)10-12-24/h6-16,21H,4-5,17-20,22H2,1-3H3. The molecule has 34 heavy (non-hydrogen) atoms. The van der Waals surface area contributed by atoms with Crippen molar-refractivity contribution in [3.05, 3.63) is 106 Å². The number of hydrogen-bond acceptors (Lipinski definition) is 2. The lowest BCUT2D eigenvalue weighted by Crippen LogP contribution is -2.43. The smallest absolute Gasteiger partial charge is 0.253 e. The molecular formula is C30H35FN2O. The number of aryl methyl sites for hydroxylation is 1. The summed E-state index contributed by atoms with van der Waals surface area (Å²) in [6.07, 6.45) is 1.82. The molecule has 0 bridgehead atoms. The topological polar surface area (TPSA) is 23.6 Å². The Morgan fingerprint density at radius 1 is 0.912 bits per heavy atom. The Morgan fingerprint density at radius 2 is 1.56 bits per heavy atom. The van der Waals surface area contributed by atoms with E-state index in [-0.39, 0.29) is 17.1 Å². The highest BCUT2D eigenvalue weighted by molar-refractivity contribution is 5.94. The molecule has 3 aromatic carbocycles. The van der Waals surface area contributed by atoms with Gasteiger partial charge in [0.05, 0.1) is 0 Å². The van der Waals surface area contributed by atoms with Crippen LogP contribution in [0.25, 0.3) is 0 Å². The van der Waals surface area contributed by atoms with E-state index in [0.29, 0.717) is 18.7 Å². The zero-order chi connectivity index (χ0) is 24.1. The van der Waals surface area contributed by atoms with Crippen LogP contribution in [0.5, 0.6) is 0 Å². The average Bonchev–Trinajstić information content (AvgIpc) is 2.87. The van der Waals surface area contributed by atoms with Gasteiger partial charge in [-0.05, 0) is 87.7 Å².